The maximum absolute atomic E-state index is 13.2. The summed E-state index contributed by atoms with van der Waals surface area (Å²) in [4.78, 5) is 15.7. The van der Waals surface area contributed by atoms with E-state index in [0.717, 1.165) is 37.8 Å². The minimum Gasteiger partial charge on any atom is -0.344 e. The molecule has 1 aliphatic carbocycles. The number of nitrogens with one attached hydrogen (secondary N) is 1. The Bertz CT molecular complexity index is 1070. The highest BCUT2D eigenvalue weighted by atomic mass is 79.9. The summed E-state index contributed by atoms with van der Waals surface area (Å²) in [6.07, 6.45) is 5.11. The van der Waals surface area contributed by atoms with Crippen molar-refractivity contribution in [2.24, 2.45) is 0 Å². The third kappa shape index (κ3) is 4.93. The van der Waals surface area contributed by atoms with Gasteiger partial charge in [0.25, 0.3) is 5.91 Å². The van der Waals surface area contributed by atoms with Gasteiger partial charge in [-0.1, -0.05) is 36.8 Å². The van der Waals surface area contributed by atoms with Crippen LogP contribution in [0.25, 0.3) is 0 Å². The average Bonchev–Trinajstić information content (AvgIpc) is 3.63. The Hall–Kier alpha value is -1.74. The second-order valence-corrected chi connectivity index (χ2v) is 11.6. The van der Waals surface area contributed by atoms with Gasteiger partial charge in [-0.25, -0.2) is 8.42 Å². The Balaban J connectivity index is 1.58. The van der Waals surface area contributed by atoms with Crippen LogP contribution in [-0.2, 0) is 10.0 Å². The molecule has 1 saturated heterocycles. The summed E-state index contributed by atoms with van der Waals surface area (Å²) in [5, 5.41) is 3.22. The third-order valence-corrected chi connectivity index (χ3v) is 9.46. The zero-order chi connectivity index (χ0) is 22.9. The number of benzene rings is 2. The van der Waals surface area contributed by atoms with Crippen molar-refractivity contribution < 1.29 is 13.2 Å². The van der Waals surface area contributed by atoms with Gasteiger partial charge in [0.1, 0.15) is 0 Å². The number of sulfonamides is 1. The largest absolute Gasteiger partial charge is 0.344 e. The lowest BCUT2D eigenvalue weighted by Crippen LogP contribution is -2.47. The molecule has 1 N–H and O–H groups in total. The molecule has 0 aromatic heterocycles. The van der Waals surface area contributed by atoms with E-state index in [1.54, 1.807) is 19.2 Å². The maximum Gasteiger partial charge on any atom is 0.251 e. The van der Waals surface area contributed by atoms with Crippen LogP contribution in [0.1, 0.15) is 54.1 Å². The van der Waals surface area contributed by atoms with E-state index >= 15 is 0 Å². The predicted molar refractivity (Wildman–Crippen MR) is 129 cm³/mol. The van der Waals surface area contributed by atoms with E-state index in [2.05, 4.69) is 33.2 Å². The van der Waals surface area contributed by atoms with Crippen molar-refractivity contribution >= 4 is 31.9 Å². The fraction of sp³-hybridized carbons (Fsp3) is 0.458. The normalized spacial score (nSPS) is 20.8. The zero-order valence-corrected chi connectivity index (χ0v) is 20.9. The molecule has 6 nitrogen and oxygen atoms in total. The van der Waals surface area contributed by atoms with E-state index in [9.17, 15) is 13.2 Å². The summed E-state index contributed by atoms with van der Waals surface area (Å²) in [5.41, 5.74) is 1.51. The van der Waals surface area contributed by atoms with Crippen molar-refractivity contribution in [3.8, 4) is 0 Å². The molecule has 172 valence electrons. The van der Waals surface area contributed by atoms with Crippen LogP contribution in [-0.4, -0.2) is 56.3 Å². The molecule has 1 heterocycles. The minimum absolute atomic E-state index is 0.0778. The quantitative estimate of drug-likeness (QED) is 0.595. The number of carbonyl (C=O) groups is 1. The van der Waals surface area contributed by atoms with Crippen molar-refractivity contribution in [3.05, 3.63) is 64.1 Å². The molecular formula is C24H30BrN3O3S. The minimum atomic E-state index is -3.59. The first-order valence-corrected chi connectivity index (χ1v) is 13.4. The van der Waals surface area contributed by atoms with E-state index < -0.39 is 10.0 Å². The predicted octanol–water partition coefficient (Wildman–Crippen LogP) is 4.19. The van der Waals surface area contributed by atoms with E-state index in [1.165, 1.54) is 16.8 Å². The van der Waals surface area contributed by atoms with Gasteiger partial charge in [0.05, 0.1) is 10.9 Å². The molecule has 2 aromatic carbocycles. The van der Waals surface area contributed by atoms with Gasteiger partial charge >= 0.3 is 0 Å². The lowest BCUT2D eigenvalue weighted by atomic mass is 9.91. The molecule has 2 aromatic rings. The first-order valence-electron chi connectivity index (χ1n) is 11.1. The molecule has 1 aliphatic heterocycles. The molecule has 2 atom stereocenters. The highest BCUT2D eigenvalue weighted by molar-refractivity contribution is 9.10. The molecule has 0 spiro atoms. The lowest BCUT2D eigenvalue weighted by molar-refractivity contribution is 0.0870. The van der Waals surface area contributed by atoms with Crippen molar-refractivity contribution in [2.75, 3.05) is 20.6 Å². The molecule has 2 aliphatic rings. The van der Waals surface area contributed by atoms with Crippen LogP contribution in [0.15, 0.2) is 57.9 Å². The molecule has 0 radical (unpaired) electrons. The number of hydrogen-bond donors (Lipinski definition) is 1. The van der Waals surface area contributed by atoms with E-state index in [0.29, 0.717) is 10.0 Å². The topological polar surface area (TPSA) is 69.7 Å². The summed E-state index contributed by atoms with van der Waals surface area (Å²) in [6.45, 7) is 1.01. The van der Waals surface area contributed by atoms with E-state index in [4.69, 9.17) is 0 Å². The van der Waals surface area contributed by atoms with Gasteiger partial charge in [0.2, 0.25) is 10.0 Å². The molecule has 4 rings (SSSR count). The molecule has 0 bridgehead atoms. The van der Waals surface area contributed by atoms with Gasteiger partial charge < -0.3 is 10.2 Å². The molecule has 2 fully saturated rings. The first-order chi connectivity index (χ1) is 15.3. The molecule has 2 unspecified atom stereocenters. The number of piperidine rings is 1. The number of nitrogens with zero attached hydrogens (tertiary/aromatic N) is 2. The smallest absolute Gasteiger partial charge is 0.251 e. The zero-order valence-electron chi connectivity index (χ0n) is 18.5. The average molecular weight is 520 g/mol. The number of likely N-dealkylation sites (tertiary alicyclic amines) is 1. The van der Waals surface area contributed by atoms with Crippen molar-refractivity contribution in [2.45, 2.75) is 55.1 Å². The van der Waals surface area contributed by atoms with Crippen molar-refractivity contribution in [1.29, 1.82) is 0 Å². The van der Waals surface area contributed by atoms with Crippen LogP contribution in [0.4, 0.5) is 0 Å². The number of carbonyl (C=O) groups excluding carboxylic acids is 1. The molecule has 1 saturated carbocycles. The van der Waals surface area contributed by atoms with Crippen LogP contribution in [0, 0.1) is 0 Å². The molecule has 8 heteroatoms. The fourth-order valence-electron chi connectivity index (χ4n) is 4.45. The second kappa shape index (κ2) is 9.63. The van der Waals surface area contributed by atoms with Gasteiger partial charge in [0, 0.05) is 29.2 Å². The van der Waals surface area contributed by atoms with E-state index in [1.807, 2.05) is 30.3 Å². The summed E-state index contributed by atoms with van der Waals surface area (Å²) in [6, 6.07) is 14.9. The Morgan fingerprint density at radius 2 is 1.84 bits per heavy atom. The number of halogens is 1. The summed E-state index contributed by atoms with van der Waals surface area (Å²) < 4.78 is 27.7. The number of hydrogen-bond acceptors (Lipinski definition) is 4. The van der Waals surface area contributed by atoms with Gasteiger partial charge in [0.15, 0.2) is 0 Å². The monoisotopic (exact) mass is 519 g/mol. The van der Waals surface area contributed by atoms with Crippen LogP contribution >= 0.6 is 15.9 Å². The van der Waals surface area contributed by atoms with Gasteiger partial charge in [-0.05, 0) is 79.0 Å². The van der Waals surface area contributed by atoms with Crippen molar-refractivity contribution in [3.63, 3.8) is 0 Å². The van der Waals surface area contributed by atoms with E-state index in [-0.39, 0.29) is 28.9 Å². The van der Waals surface area contributed by atoms with Crippen molar-refractivity contribution in [1.82, 2.24) is 14.5 Å². The van der Waals surface area contributed by atoms with Crippen LogP contribution < -0.4 is 5.32 Å². The number of rotatable bonds is 7. The summed E-state index contributed by atoms with van der Waals surface area (Å²) in [5.74, 6) is -0.210. The SMILES string of the molecule is CN1CCCCC1C(NC(=O)c1ccc(S(=O)(=O)N(C)C2CC2)c(Br)c1)c1ccccc1. The van der Waals surface area contributed by atoms with Crippen LogP contribution in [0.5, 0.6) is 0 Å². The Morgan fingerprint density at radius 3 is 2.47 bits per heavy atom. The fourth-order valence-corrected chi connectivity index (χ4v) is 6.90. The van der Waals surface area contributed by atoms with Crippen LogP contribution in [0.3, 0.4) is 0 Å². The van der Waals surface area contributed by atoms with Gasteiger partial charge in [-0.15, -0.1) is 0 Å². The standard InChI is InChI=1S/C24H30BrN3O3S/c1-27-15-7-6-10-21(27)23(17-8-4-3-5-9-17)26-24(29)18-11-14-22(20(25)16-18)32(30,31)28(2)19-12-13-19/h3-5,8-9,11,14,16,19,21,23H,6-7,10,12-13,15H2,1-2H3,(H,26,29). The number of likely N-dealkylation sites (N-methyl/N-ethyl adjacent to an activating group) is 1. The number of amides is 1. The highest BCUT2D eigenvalue weighted by Gasteiger charge is 2.36. The highest BCUT2D eigenvalue weighted by Crippen LogP contribution is 2.34. The maximum atomic E-state index is 13.2. The molecule has 32 heavy (non-hydrogen) atoms. The summed E-state index contributed by atoms with van der Waals surface area (Å²) >= 11 is 3.39. The lowest BCUT2D eigenvalue weighted by Gasteiger charge is -2.38. The van der Waals surface area contributed by atoms with Gasteiger partial charge in [-0.3, -0.25) is 4.79 Å². The molecule has 1 amide bonds. The Labute approximate surface area is 199 Å². The molecular weight excluding hydrogens is 490 g/mol. The van der Waals surface area contributed by atoms with Crippen LogP contribution in [0.2, 0.25) is 0 Å². The summed E-state index contributed by atoms with van der Waals surface area (Å²) in [7, 11) is 0.135. The van der Waals surface area contributed by atoms with Gasteiger partial charge in [-0.2, -0.15) is 4.31 Å². The Morgan fingerprint density at radius 1 is 1.12 bits per heavy atom. The second-order valence-electron chi connectivity index (χ2n) is 8.80. The first kappa shape index (κ1) is 23.4. The third-order valence-electron chi connectivity index (χ3n) is 6.57. The Kier molecular flexibility index (Phi) is 7.05.